The van der Waals surface area contributed by atoms with Gasteiger partial charge in [-0.25, -0.2) is 0 Å². The molecule has 0 aromatic heterocycles. The van der Waals surface area contributed by atoms with Gasteiger partial charge in [0.1, 0.15) is 0 Å². The number of hydrogen-bond donors (Lipinski definition) is 0. The molecule has 0 amide bonds. The summed E-state index contributed by atoms with van der Waals surface area (Å²) in [4.78, 5) is 0. The van der Waals surface area contributed by atoms with Crippen molar-refractivity contribution >= 4 is 104 Å². The molecule has 0 nitrogen and oxygen atoms in total. The van der Waals surface area contributed by atoms with Crippen LogP contribution in [0.3, 0.4) is 0 Å². The quantitative estimate of drug-likeness (QED) is 0.142. The summed E-state index contributed by atoms with van der Waals surface area (Å²) in [5.41, 5.74) is 60.8. The Hall–Kier alpha value is -16.6. The maximum atomic E-state index is 2.39. The molecule has 137 heavy (non-hydrogen) atoms. The summed E-state index contributed by atoms with van der Waals surface area (Å²) in [6.45, 7) is 0. The Morgan fingerprint density at radius 1 is 0.131 bits per heavy atom. The van der Waals surface area contributed by atoms with E-state index in [0.29, 0.717) is 0 Å². The van der Waals surface area contributed by atoms with Crippen LogP contribution in [0.15, 0.2) is 406 Å². The first-order valence-electron chi connectivity index (χ1n) is 49.1. The lowest BCUT2D eigenvalue weighted by Crippen LogP contribution is -1.93. The van der Waals surface area contributed by atoms with Crippen molar-refractivity contribution in [2.45, 2.75) is 57.8 Å². The monoisotopic (exact) mass is 1730 g/mol. The number of allylic oxidation sites excluding steroid dienone is 3. The van der Waals surface area contributed by atoms with Crippen LogP contribution in [0.2, 0.25) is 0 Å². The van der Waals surface area contributed by atoms with Crippen molar-refractivity contribution in [3.8, 4) is 134 Å². The predicted molar refractivity (Wildman–Crippen MR) is 580 cm³/mol. The molecule has 0 N–H and O–H groups in total. The Morgan fingerprint density at radius 3 is 1.02 bits per heavy atom. The van der Waals surface area contributed by atoms with E-state index in [2.05, 4.69) is 425 Å². The molecule has 0 heteroatoms. The Bertz CT molecular complexity index is 9440. The molecule has 0 atom stereocenters. The molecule has 0 spiro atoms. The van der Waals surface area contributed by atoms with E-state index in [1.807, 2.05) is 0 Å². The zero-order chi connectivity index (χ0) is 89.3. The van der Waals surface area contributed by atoms with E-state index < -0.39 is 0 Å². The minimum absolute atomic E-state index is 1.04. The van der Waals surface area contributed by atoms with Crippen molar-refractivity contribution in [2.24, 2.45) is 0 Å². The van der Waals surface area contributed by atoms with Gasteiger partial charge < -0.3 is 0 Å². The molecule has 12 aliphatic carbocycles. The van der Waals surface area contributed by atoms with E-state index in [1.165, 1.54) is 320 Å². The average Bonchev–Trinajstić information content (AvgIpc) is 1.56. The highest BCUT2D eigenvalue weighted by Gasteiger charge is 2.37. The number of hydrogen-bond acceptors (Lipinski definition) is 0. The smallest absolute Gasteiger partial charge is 0.000706 e. The van der Waals surface area contributed by atoms with Crippen LogP contribution in [0.1, 0.15) is 100 Å². The van der Waals surface area contributed by atoms with E-state index >= 15 is 0 Å². The molecule has 0 saturated heterocycles. The first-order chi connectivity index (χ1) is 68.0. The molecule has 23 aromatic rings. The number of fused-ring (bicyclic) bond motifs is 36. The largest absolute Gasteiger partial charge is 0.0795 e. The van der Waals surface area contributed by atoms with E-state index in [0.717, 1.165) is 57.8 Å². The van der Waals surface area contributed by atoms with Crippen LogP contribution >= 0.6 is 0 Å². The highest BCUT2D eigenvalue weighted by atomic mass is 14.4. The summed E-state index contributed by atoms with van der Waals surface area (Å²) in [6, 6.07) is 144. The van der Waals surface area contributed by atoms with Crippen molar-refractivity contribution in [2.75, 3.05) is 0 Å². The standard InChI is InChI=1S/2C27H16.C23H14.3C20H14/c1-2-8-20-16(5-1)13-14-22-21-9-3-6-17-11-12-19-15-18-7-4-10-23(27(20)22)25(18)26(19)24(17)21;1-2-6-18-15-24-22-10-4-8-19-13-20-12-11-16-7-3-9-21(23(24)14-17(18)5-1)25(16)27(20)26(19)22;1-2-8-18-17(7-1)19-9-3-5-14-11-12-16-13-15-6-4-10-20(18)22(15)23(16)21(14)19;1-2-7-14-13(6-1)12-19-17-11-5-10-15(17)16-8-3-4-9-18(16)20(14)19;2*1-2-7-14-13(6-1)12-19-17-9-4-3-8-15(17)16-10-5-11-18(16)20(14)19/h1-14H,15H2;1-12,14-15H,13H2;1-12H,13H2;2*1-9,11H,10,12H2;1-10H,11-12H2. The average molecular weight is 1730 g/mol. The maximum absolute atomic E-state index is 2.39. The highest BCUT2D eigenvalue weighted by Crippen LogP contribution is 2.60. The molecule has 0 bridgehead atoms. The zero-order valence-electron chi connectivity index (χ0n) is 75.8. The van der Waals surface area contributed by atoms with Crippen molar-refractivity contribution in [1.29, 1.82) is 0 Å². The van der Waals surface area contributed by atoms with Crippen LogP contribution in [0.5, 0.6) is 0 Å². The Balaban J connectivity index is 0.0000000782. The van der Waals surface area contributed by atoms with Crippen molar-refractivity contribution in [3.05, 3.63) is 507 Å². The number of benzene rings is 23. The second-order valence-electron chi connectivity index (χ2n) is 39.3. The molecule has 636 valence electrons. The molecule has 0 aliphatic heterocycles. The fourth-order valence-electron chi connectivity index (χ4n) is 26.8. The molecule has 23 aromatic carbocycles. The second kappa shape index (κ2) is 29.9. The fourth-order valence-corrected chi connectivity index (χ4v) is 26.8. The lowest BCUT2D eigenvalue weighted by atomic mass is 9.88. The Labute approximate surface area is 796 Å². The van der Waals surface area contributed by atoms with Crippen molar-refractivity contribution in [1.82, 2.24) is 0 Å². The summed E-state index contributed by atoms with van der Waals surface area (Å²) >= 11 is 0. The second-order valence-corrected chi connectivity index (χ2v) is 39.3. The van der Waals surface area contributed by atoms with Crippen LogP contribution in [0, 0.1) is 0 Å². The summed E-state index contributed by atoms with van der Waals surface area (Å²) in [5, 5.41) is 22.2. The third kappa shape index (κ3) is 11.4. The highest BCUT2D eigenvalue weighted by molar-refractivity contribution is 6.23. The van der Waals surface area contributed by atoms with Gasteiger partial charge in [-0.3, -0.25) is 0 Å². The van der Waals surface area contributed by atoms with Gasteiger partial charge in [0.15, 0.2) is 0 Å². The van der Waals surface area contributed by atoms with Gasteiger partial charge in [-0.05, 0) is 390 Å². The Kier molecular flexibility index (Phi) is 16.8. The van der Waals surface area contributed by atoms with Crippen LogP contribution in [0.4, 0.5) is 0 Å². The minimum atomic E-state index is 1.04. The maximum Gasteiger partial charge on any atom is -0.000706 e. The summed E-state index contributed by atoms with van der Waals surface area (Å²) in [7, 11) is 0. The molecule has 0 radical (unpaired) electrons. The van der Waals surface area contributed by atoms with Crippen LogP contribution in [-0.4, -0.2) is 0 Å². The normalized spacial score (nSPS) is 13.6. The van der Waals surface area contributed by atoms with Gasteiger partial charge >= 0.3 is 0 Å². The Morgan fingerprint density at radius 2 is 0.453 bits per heavy atom. The molecule has 12 aliphatic rings. The lowest BCUT2D eigenvalue weighted by Gasteiger charge is -2.15. The topological polar surface area (TPSA) is 0 Å². The molecule has 0 heterocycles. The summed E-state index contributed by atoms with van der Waals surface area (Å²) in [6.07, 6.45) is 23.5. The van der Waals surface area contributed by atoms with E-state index in [1.54, 1.807) is 0 Å². The van der Waals surface area contributed by atoms with E-state index in [9.17, 15) is 0 Å². The third-order valence-corrected chi connectivity index (χ3v) is 32.4. The molecular formula is C137H88. The molecule has 0 fully saturated rings. The molecule has 35 rings (SSSR count). The molecular weight excluding hydrogens is 1650 g/mol. The van der Waals surface area contributed by atoms with E-state index in [4.69, 9.17) is 0 Å². The van der Waals surface area contributed by atoms with Crippen LogP contribution < -0.4 is 0 Å². The lowest BCUT2D eigenvalue weighted by molar-refractivity contribution is 1.24. The van der Waals surface area contributed by atoms with Gasteiger partial charge in [-0.15, -0.1) is 0 Å². The van der Waals surface area contributed by atoms with Crippen molar-refractivity contribution in [3.63, 3.8) is 0 Å². The first kappa shape index (κ1) is 76.9. The first-order valence-corrected chi connectivity index (χ1v) is 49.1. The van der Waals surface area contributed by atoms with Gasteiger partial charge in [0.25, 0.3) is 0 Å². The van der Waals surface area contributed by atoms with Gasteiger partial charge in [0.2, 0.25) is 0 Å². The minimum Gasteiger partial charge on any atom is -0.0795 e. The SMILES string of the molecule is C1=Cc2c(c3c(c4ccccc24)Cc2ccccc2-3)C1.C1=Cc2c3c(c4ccccc4c2C1)-c1ccccc1C3.C1=Cc2c3c(c4ccccc4c2C1)Cc1ccccc1-3.c1cc2c3c(c1)-c1c(ccc4ccccc14)-c1cccc4ccc(c-3c14)C2.c1cc2c3c(c1)-c1cc4ccccc4cc1-c1cccc4ccc(c-3c14)C2.c1ccc2c(c1)-c1cccc3c1-c1c(ccc4cccc-2c14)C3. The molecule has 0 saturated carbocycles. The van der Waals surface area contributed by atoms with E-state index in [-0.39, 0.29) is 0 Å². The van der Waals surface area contributed by atoms with Gasteiger partial charge in [-0.2, -0.15) is 0 Å². The predicted octanol–water partition coefficient (Wildman–Crippen LogP) is 35.4. The number of rotatable bonds is 0. The van der Waals surface area contributed by atoms with Crippen LogP contribution in [0.25, 0.3) is 238 Å². The zero-order valence-corrected chi connectivity index (χ0v) is 75.8. The van der Waals surface area contributed by atoms with Crippen molar-refractivity contribution < 1.29 is 0 Å². The fraction of sp³-hybridized carbons (Fsp3) is 0.0657. The summed E-state index contributed by atoms with van der Waals surface area (Å²) < 4.78 is 0. The van der Waals surface area contributed by atoms with Crippen LogP contribution in [-0.2, 0) is 57.8 Å². The van der Waals surface area contributed by atoms with Gasteiger partial charge in [-0.1, -0.05) is 413 Å². The van der Waals surface area contributed by atoms with Gasteiger partial charge in [0.05, 0.1) is 0 Å². The van der Waals surface area contributed by atoms with Gasteiger partial charge in [0, 0.05) is 0 Å². The summed E-state index contributed by atoms with van der Waals surface area (Å²) in [5.74, 6) is 0. The molecule has 0 unspecified atom stereocenters. The third-order valence-electron chi connectivity index (χ3n) is 32.4.